The summed E-state index contributed by atoms with van der Waals surface area (Å²) in [5, 5.41) is 0. The van der Waals surface area contributed by atoms with E-state index in [4.69, 9.17) is 0 Å². The molecule has 6 aromatic rings. The Morgan fingerprint density at radius 2 is 0.769 bits per heavy atom. The summed E-state index contributed by atoms with van der Waals surface area (Å²) in [5.41, 5.74) is 3.04. The number of halogens is 4. The van der Waals surface area contributed by atoms with E-state index in [1.54, 1.807) is 22.7 Å². The predicted octanol–water partition coefficient (Wildman–Crippen LogP) is 11.2. The lowest BCUT2D eigenvalue weighted by molar-refractivity contribution is 0.0975. The summed E-state index contributed by atoms with van der Waals surface area (Å²) in [7, 11) is 0. The Labute approximate surface area is 308 Å². The number of Topliss-reactive ketones (excluding diaryl/α,β-unsaturated/α-hetero) is 4. The lowest BCUT2D eigenvalue weighted by atomic mass is 9.82. The van der Waals surface area contributed by atoms with Crippen LogP contribution in [0.1, 0.15) is 101 Å². The number of carbonyl (C=O) groups excluding carboxylic acids is 4. The molecule has 0 saturated heterocycles. The first-order valence-electron chi connectivity index (χ1n) is 16.1. The highest BCUT2D eigenvalue weighted by molar-refractivity contribution is 7.34. The van der Waals surface area contributed by atoms with Crippen LogP contribution in [0.5, 0.6) is 0 Å². The van der Waals surface area contributed by atoms with Crippen molar-refractivity contribution in [1.29, 1.82) is 0 Å². The molecule has 0 unspecified atom stereocenters. The molecule has 4 heterocycles. The van der Waals surface area contributed by atoms with E-state index in [-0.39, 0.29) is 33.4 Å². The Morgan fingerprint density at radius 3 is 1.08 bits per heavy atom. The number of benzene rings is 2. The van der Waals surface area contributed by atoms with Crippen molar-refractivity contribution in [1.82, 2.24) is 0 Å². The highest BCUT2D eigenvalue weighted by Crippen LogP contribution is 2.65. The largest absolute Gasteiger partial charge is 0.288 e. The van der Waals surface area contributed by atoms with E-state index in [1.807, 2.05) is 12.1 Å². The first-order valence-corrected chi connectivity index (χ1v) is 19.3. The summed E-state index contributed by atoms with van der Waals surface area (Å²) in [5.74, 6) is -7.18. The van der Waals surface area contributed by atoms with Gasteiger partial charge in [-0.25, -0.2) is 17.6 Å². The number of carbonyl (C=O) groups is 4. The average Bonchev–Trinajstić information content (AvgIpc) is 3.94. The summed E-state index contributed by atoms with van der Waals surface area (Å²) in [6.07, 6.45) is 3.06. The first-order chi connectivity index (χ1) is 24.6. The van der Waals surface area contributed by atoms with Crippen LogP contribution in [0.3, 0.4) is 0 Å². The molecule has 0 bridgehead atoms. The van der Waals surface area contributed by atoms with E-state index in [2.05, 4.69) is 27.7 Å². The maximum absolute atomic E-state index is 13.9. The molecule has 4 aliphatic rings. The second kappa shape index (κ2) is 10.1. The molecule has 52 heavy (non-hydrogen) atoms. The third-order valence-electron chi connectivity index (χ3n) is 10.7. The van der Waals surface area contributed by atoms with Crippen molar-refractivity contribution in [3.05, 3.63) is 125 Å². The molecule has 256 valence electrons. The standard InChI is InChI=1S/C40H20F4O4S4/c1-39(2)21-7-13(5-19-29(45)15-9-23(41)24(42)10-16(15)30(19)46)49-33(21)35-27(39)37-38(51-35)28-36(52-37)34-22(40(28,3)4)8-14(50-34)6-20-31(47)17-11-25(43)26(44)12-18(17)32(20)48/h5-12H,1-4H3. The lowest BCUT2D eigenvalue weighted by Crippen LogP contribution is -2.15. The van der Waals surface area contributed by atoms with Crippen molar-refractivity contribution in [3.63, 3.8) is 0 Å². The summed E-state index contributed by atoms with van der Waals surface area (Å²) in [6.45, 7) is 8.62. The van der Waals surface area contributed by atoms with Gasteiger partial charge in [-0.2, -0.15) is 0 Å². The molecule has 0 spiro atoms. The summed E-state index contributed by atoms with van der Waals surface area (Å²) in [4.78, 5) is 58.1. The number of rotatable bonds is 2. The van der Waals surface area contributed by atoms with Crippen LogP contribution in [0.25, 0.3) is 41.1 Å². The Balaban J connectivity index is 1.03. The Bertz CT molecular complexity index is 2590. The van der Waals surface area contributed by atoms with Crippen LogP contribution in [0.2, 0.25) is 0 Å². The van der Waals surface area contributed by atoms with Crippen LogP contribution in [0.4, 0.5) is 17.6 Å². The normalized spacial score (nSPS) is 17.2. The fourth-order valence-electron chi connectivity index (χ4n) is 8.07. The van der Waals surface area contributed by atoms with Crippen molar-refractivity contribution in [2.45, 2.75) is 38.5 Å². The first kappa shape index (κ1) is 32.1. The van der Waals surface area contributed by atoms with Crippen LogP contribution in [-0.2, 0) is 10.8 Å². The topological polar surface area (TPSA) is 68.3 Å². The molecule has 0 radical (unpaired) electrons. The van der Waals surface area contributed by atoms with Gasteiger partial charge in [-0.1, -0.05) is 27.7 Å². The van der Waals surface area contributed by atoms with Gasteiger partial charge < -0.3 is 0 Å². The fourth-order valence-corrected chi connectivity index (χ4v) is 14.4. The van der Waals surface area contributed by atoms with Crippen molar-refractivity contribution in [2.75, 3.05) is 0 Å². The molecule has 10 rings (SSSR count). The fraction of sp³-hybridized carbons (Fsp3) is 0.150. The second-order valence-corrected chi connectivity index (χ2v) is 18.6. The highest BCUT2D eigenvalue weighted by atomic mass is 32.1. The minimum Gasteiger partial charge on any atom is -0.288 e. The van der Waals surface area contributed by atoms with Gasteiger partial charge >= 0.3 is 0 Å². The molecule has 12 heteroatoms. The van der Waals surface area contributed by atoms with E-state index in [0.29, 0.717) is 9.75 Å². The van der Waals surface area contributed by atoms with Gasteiger partial charge in [0.1, 0.15) is 0 Å². The molecule has 0 fully saturated rings. The molecule has 2 aromatic carbocycles. The van der Waals surface area contributed by atoms with Crippen LogP contribution >= 0.6 is 45.3 Å². The zero-order valence-corrected chi connectivity index (χ0v) is 30.7. The number of thiophene rings is 4. The molecule has 4 aliphatic carbocycles. The monoisotopic (exact) mass is 768 g/mol. The van der Waals surface area contributed by atoms with Crippen molar-refractivity contribution in [3.8, 4) is 19.5 Å². The third kappa shape index (κ3) is 3.90. The SMILES string of the molecule is CC1(C)c2cc(C=C3C(=O)c4cc(F)c(F)cc4C3=O)sc2-c2sc3c4c(sc3c21)-c1sc(C=C2C(=O)c3cc(F)c(F)cc3C2=O)cc1C4(C)C. The van der Waals surface area contributed by atoms with Gasteiger partial charge in [-0.3, -0.25) is 19.2 Å². The number of fused-ring (bicyclic) bond motifs is 11. The third-order valence-corrected chi connectivity index (χ3v) is 15.7. The quantitative estimate of drug-likeness (QED) is 0.0999. The molecule has 4 nitrogen and oxygen atoms in total. The summed E-state index contributed by atoms with van der Waals surface area (Å²) >= 11 is 6.41. The molecule has 0 amide bonds. The lowest BCUT2D eigenvalue weighted by Gasteiger charge is -2.20. The van der Waals surface area contributed by atoms with Gasteiger partial charge in [0, 0.05) is 52.6 Å². The second-order valence-electron chi connectivity index (χ2n) is 14.4. The zero-order valence-electron chi connectivity index (χ0n) is 27.4. The molecular weight excluding hydrogens is 749 g/mol. The maximum atomic E-state index is 13.9. The Kier molecular flexibility index (Phi) is 6.21. The Hall–Kier alpha value is -4.62. The van der Waals surface area contributed by atoms with E-state index in [1.165, 1.54) is 55.4 Å². The van der Waals surface area contributed by atoms with Gasteiger partial charge in [-0.05, 0) is 70.8 Å². The average molecular weight is 769 g/mol. The summed E-state index contributed by atoms with van der Waals surface area (Å²) in [6, 6.07) is 7.13. The van der Waals surface area contributed by atoms with Gasteiger partial charge in [0.2, 0.25) is 0 Å². The predicted molar refractivity (Wildman–Crippen MR) is 197 cm³/mol. The van der Waals surface area contributed by atoms with Crippen molar-refractivity contribution >= 4 is 90.0 Å². The van der Waals surface area contributed by atoms with Crippen LogP contribution < -0.4 is 0 Å². The highest BCUT2D eigenvalue weighted by Gasteiger charge is 2.47. The molecule has 4 aromatic heterocycles. The molecule has 0 saturated carbocycles. The van der Waals surface area contributed by atoms with Gasteiger partial charge in [-0.15, -0.1) is 45.3 Å². The zero-order chi connectivity index (χ0) is 36.5. The van der Waals surface area contributed by atoms with Crippen molar-refractivity contribution in [2.24, 2.45) is 0 Å². The number of allylic oxidation sites excluding steroid dienone is 2. The molecular formula is C40H20F4O4S4. The van der Waals surface area contributed by atoms with E-state index < -0.39 is 57.2 Å². The number of ketones is 4. The molecule has 0 atom stereocenters. The maximum Gasteiger partial charge on any atom is 0.197 e. The number of hydrogen-bond donors (Lipinski definition) is 0. The molecule has 0 aliphatic heterocycles. The van der Waals surface area contributed by atoms with Crippen LogP contribution in [-0.4, -0.2) is 23.1 Å². The van der Waals surface area contributed by atoms with E-state index >= 15 is 0 Å². The Morgan fingerprint density at radius 1 is 0.462 bits per heavy atom. The van der Waals surface area contributed by atoms with Gasteiger partial charge in [0.25, 0.3) is 0 Å². The smallest absolute Gasteiger partial charge is 0.197 e. The minimum absolute atomic E-state index is 0.111. The van der Waals surface area contributed by atoms with Crippen LogP contribution in [0, 0.1) is 23.3 Å². The van der Waals surface area contributed by atoms with Gasteiger partial charge in [0.05, 0.1) is 30.3 Å². The van der Waals surface area contributed by atoms with Gasteiger partial charge in [0.15, 0.2) is 46.4 Å². The minimum atomic E-state index is -1.17. The summed E-state index contributed by atoms with van der Waals surface area (Å²) < 4.78 is 58.0. The van der Waals surface area contributed by atoms with E-state index in [0.717, 1.165) is 54.9 Å². The van der Waals surface area contributed by atoms with E-state index in [9.17, 15) is 36.7 Å². The van der Waals surface area contributed by atoms with Crippen LogP contribution in [0.15, 0.2) is 47.5 Å². The number of hydrogen-bond acceptors (Lipinski definition) is 8. The molecule has 0 N–H and O–H groups in total. The van der Waals surface area contributed by atoms with Crippen molar-refractivity contribution < 1.29 is 36.7 Å².